The molecule has 4 nitrogen and oxygen atoms in total. The molecule has 1 rings (SSSR count). The molecular weight excluding hydrogens is 284 g/mol. The van der Waals surface area contributed by atoms with Crippen LogP contribution in [0.3, 0.4) is 0 Å². The molecule has 2 N–H and O–H groups in total. The van der Waals surface area contributed by atoms with Crippen LogP contribution >= 0.6 is 0 Å². The van der Waals surface area contributed by atoms with Gasteiger partial charge in [0, 0.05) is 19.2 Å². The zero-order chi connectivity index (χ0) is 16.0. The number of hydrogen-bond donors (Lipinski definition) is 1. The number of benzene rings is 1. The normalized spacial score (nSPS) is 11.6. The first-order chi connectivity index (χ1) is 9.78. The van der Waals surface area contributed by atoms with E-state index in [0.29, 0.717) is 22.9 Å². The molecule has 0 unspecified atom stereocenters. The summed E-state index contributed by atoms with van der Waals surface area (Å²) in [6, 6.07) is 5.22. The summed E-state index contributed by atoms with van der Waals surface area (Å²) in [5, 5.41) is 0. The van der Waals surface area contributed by atoms with Crippen LogP contribution in [0.15, 0.2) is 23.1 Å². The quantitative estimate of drug-likeness (QED) is 0.846. The molecular formula is C16H24N2O2S. The maximum atomic E-state index is 12.6. The van der Waals surface area contributed by atoms with E-state index in [9.17, 15) is 8.42 Å². The van der Waals surface area contributed by atoms with E-state index in [2.05, 4.69) is 25.7 Å². The van der Waals surface area contributed by atoms with Gasteiger partial charge in [-0.2, -0.15) is 0 Å². The number of hydrogen-bond acceptors (Lipinski definition) is 3. The SMILES string of the molecule is Cc1ccc(C#CCN)cc1S(=O)(=O)N(C)CCC(C)C. The Kier molecular flexibility index (Phi) is 6.41. The average molecular weight is 308 g/mol. The van der Waals surface area contributed by atoms with E-state index in [1.165, 1.54) is 4.31 Å². The van der Waals surface area contributed by atoms with Gasteiger partial charge in [0.05, 0.1) is 11.4 Å². The van der Waals surface area contributed by atoms with Crippen LogP contribution in [0.25, 0.3) is 0 Å². The van der Waals surface area contributed by atoms with E-state index in [0.717, 1.165) is 12.0 Å². The molecule has 0 amide bonds. The van der Waals surface area contributed by atoms with E-state index < -0.39 is 10.0 Å². The van der Waals surface area contributed by atoms with Crippen molar-refractivity contribution in [1.82, 2.24) is 4.31 Å². The van der Waals surface area contributed by atoms with Crippen LogP contribution < -0.4 is 5.73 Å². The monoisotopic (exact) mass is 308 g/mol. The highest BCUT2D eigenvalue weighted by Crippen LogP contribution is 2.21. The zero-order valence-corrected chi connectivity index (χ0v) is 14.0. The molecule has 0 aliphatic carbocycles. The fourth-order valence-corrected chi connectivity index (χ4v) is 3.27. The molecule has 0 heterocycles. The molecule has 0 radical (unpaired) electrons. The number of nitrogens with two attached hydrogens (primary N) is 1. The summed E-state index contributed by atoms with van der Waals surface area (Å²) in [5.74, 6) is 6.08. The van der Waals surface area contributed by atoms with Gasteiger partial charge in [-0.25, -0.2) is 12.7 Å². The summed E-state index contributed by atoms with van der Waals surface area (Å²) < 4.78 is 26.7. The maximum Gasteiger partial charge on any atom is 0.243 e. The second kappa shape index (κ2) is 7.60. The van der Waals surface area contributed by atoms with Crippen LogP contribution in [-0.2, 0) is 10.0 Å². The third kappa shape index (κ3) is 4.85. The van der Waals surface area contributed by atoms with Gasteiger partial charge in [-0.3, -0.25) is 0 Å². The van der Waals surface area contributed by atoms with Crippen molar-refractivity contribution >= 4 is 10.0 Å². The summed E-state index contributed by atoms with van der Waals surface area (Å²) >= 11 is 0. The lowest BCUT2D eigenvalue weighted by atomic mass is 10.1. The Hall–Kier alpha value is -1.35. The van der Waals surface area contributed by atoms with Crippen molar-refractivity contribution in [3.8, 4) is 11.8 Å². The van der Waals surface area contributed by atoms with E-state index in [-0.39, 0.29) is 6.54 Å². The maximum absolute atomic E-state index is 12.6. The number of aryl methyl sites for hydroxylation is 1. The Morgan fingerprint density at radius 2 is 2.00 bits per heavy atom. The molecule has 0 fully saturated rings. The molecule has 0 spiro atoms. The predicted octanol–water partition coefficient (Wildman–Crippen LogP) is 1.97. The summed E-state index contributed by atoms with van der Waals surface area (Å²) in [5.41, 5.74) is 6.74. The van der Waals surface area contributed by atoms with E-state index in [4.69, 9.17) is 5.73 Å². The largest absolute Gasteiger partial charge is 0.320 e. The van der Waals surface area contributed by atoms with Crippen molar-refractivity contribution in [1.29, 1.82) is 0 Å². The summed E-state index contributed by atoms with van der Waals surface area (Å²) in [7, 11) is -1.86. The van der Waals surface area contributed by atoms with Crippen LogP contribution in [0, 0.1) is 24.7 Å². The molecule has 0 aromatic heterocycles. The first-order valence-corrected chi connectivity index (χ1v) is 8.49. The van der Waals surface area contributed by atoms with Gasteiger partial charge in [0.15, 0.2) is 0 Å². The second-order valence-corrected chi connectivity index (χ2v) is 7.51. The minimum atomic E-state index is -3.48. The first-order valence-electron chi connectivity index (χ1n) is 7.05. The fraction of sp³-hybridized carbons (Fsp3) is 0.500. The van der Waals surface area contributed by atoms with Gasteiger partial charge in [0.25, 0.3) is 0 Å². The molecule has 116 valence electrons. The van der Waals surface area contributed by atoms with Gasteiger partial charge in [-0.05, 0) is 37.0 Å². The molecule has 5 heteroatoms. The van der Waals surface area contributed by atoms with Crippen LogP contribution in [-0.4, -0.2) is 32.9 Å². The van der Waals surface area contributed by atoms with Crippen molar-refractivity contribution in [2.75, 3.05) is 20.1 Å². The van der Waals surface area contributed by atoms with E-state index >= 15 is 0 Å². The van der Waals surface area contributed by atoms with Crippen molar-refractivity contribution in [2.24, 2.45) is 11.7 Å². The Balaban J connectivity index is 3.12. The highest BCUT2D eigenvalue weighted by atomic mass is 32.2. The molecule has 0 saturated carbocycles. The zero-order valence-electron chi connectivity index (χ0n) is 13.2. The van der Waals surface area contributed by atoms with Gasteiger partial charge < -0.3 is 5.73 Å². The Morgan fingerprint density at radius 1 is 1.33 bits per heavy atom. The predicted molar refractivity (Wildman–Crippen MR) is 86.4 cm³/mol. The molecule has 0 atom stereocenters. The topological polar surface area (TPSA) is 63.4 Å². The van der Waals surface area contributed by atoms with Crippen LogP contribution in [0.1, 0.15) is 31.4 Å². The summed E-state index contributed by atoms with van der Waals surface area (Å²) in [6.45, 7) is 6.72. The minimum Gasteiger partial charge on any atom is -0.320 e. The number of rotatable bonds is 5. The van der Waals surface area contributed by atoms with Crippen molar-refractivity contribution in [3.63, 3.8) is 0 Å². The minimum absolute atomic E-state index is 0.254. The Bertz CT molecular complexity index is 640. The molecule has 1 aromatic rings. The van der Waals surface area contributed by atoms with Crippen LogP contribution in [0.4, 0.5) is 0 Å². The third-order valence-electron chi connectivity index (χ3n) is 3.23. The van der Waals surface area contributed by atoms with Crippen LogP contribution in [0.5, 0.6) is 0 Å². The van der Waals surface area contributed by atoms with Crippen molar-refractivity contribution in [2.45, 2.75) is 32.1 Å². The molecule has 1 aromatic carbocycles. The van der Waals surface area contributed by atoms with Gasteiger partial charge in [0.2, 0.25) is 10.0 Å². The number of sulfonamides is 1. The van der Waals surface area contributed by atoms with Gasteiger partial charge in [0.1, 0.15) is 0 Å². The molecule has 0 aliphatic rings. The highest BCUT2D eigenvalue weighted by molar-refractivity contribution is 7.89. The standard InChI is InChI=1S/C16H24N2O2S/c1-13(2)9-11-18(4)21(19,20)16-12-15(6-5-10-17)8-7-14(16)3/h7-8,12-13H,9-11,17H2,1-4H3. The third-order valence-corrected chi connectivity index (χ3v) is 5.23. The van der Waals surface area contributed by atoms with Gasteiger partial charge >= 0.3 is 0 Å². The van der Waals surface area contributed by atoms with E-state index in [1.807, 2.05) is 6.07 Å². The Morgan fingerprint density at radius 3 is 2.57 bits per heavy atom. The van der Waals surface area contributed by atoms with Crippen molar-refractivity contribution < 1.29 is 8.42 Å². The Labute approximate surface area is 128 Å². The van der Waals surface area contributed by atoms with E-state index in [1.54, 1.807) is 26.1 Å². The molecule has 21 heavy (non-hydrogen) atoms. The molecule has 0 bridgehead atoms. The van der Waals surface area contributed by atoms with Gasteiger partial charge in [-0.15, -0.1) is 0 Å². The smallest absolute Gasteiger partial charge is 0.243 e. The highest BCUT2D eigenvalue weighted by Gasteiger charge is 2.22. The summed E-state index contributed by atoms with van der Waals surface area (Å²) in [6.07, 6.45) is 0.835. The molecule has 0 aliphatic heterocycles. The summed E-state index contributed by atoms with van der Waals surface area (Å²) in [4.78, 5) is 0.317. The average Bonchev–Trinajstić information content (AvgIpc) is 2.43. The first kappa shape index (κ1) is 17.7. The lowest BCUT2D eigenvalue weighted by molar-refractivity contribution is 0.428. The molecule has 0 saturated heterocycles. The second-order valence-electron chi connectivity index (χ2n) is 5.50. The lowest BCUT2D eigenvalue weighted by Crippen LogP contribution is -2.29. The fourth-order valence-electron chi connectivity index (χ4n) is 1.84. The van der Waals surface area contributed by atoms with Crippen LogP contribution in [0.2, 0.25) is 0 Å². The van der Waals surface area contributed by atoms with Crippen molar-refractivity contribution in [3.05, 3.63) is 29.3 Å². The number of nitrogens with zero attached hydrogens (tertiary/aromatic N) is 1. The lowest BCUT2D eigenvalue weighted by Gasteiger charge is -2.19. The van der Waals surface area contributed by atoms with Gasteiger partial charge in [-0.1, -0.05) is 31.8 Å².